The van der Waals surface area contributed by atoms with Crippen LogP contribution in [0.4, 0.5) is 5.69 Å². The fourth-order valence-electron chi connectivity index (χ4n) is 3.97. The highest BCUT2D eigenvalue weighted by atomic mass is 16.5. The van der Waals surface area contributed by atoms with Gasteiger partial charge < -0.3 is 19.1 Å². The number of hydrogen-bond acceptors (Lipinski definition) is 6. The van der Waals surface area contributed by atoms with Gasteiger partial charge in [0.15, 0.2) is 0 Å². The van der Waals surface area contributed by atoms with Crippen LogP contribution in [-0.4, -0.2) is 32.7 Å². The van der Waals surface area contributed by atoms with Crippen LogP contribution in [0.1, 0.15) is 42.3 Å². The molecule has 8 nitrogen and oxygen atoms in total. The zero-order valence-electron chi connectivity index (χ0n) is 21.8. The van der Waals surface area contributed by atoms with E-state index >= 15 is 0 Å². The number of nitrogens with zero attached hydrogens (tertiary/aromatic N) is 4. The third kappa shape index (κ3) is 5.64. The van der Waals surface area contributed by atoms with E-state index in [1.807, 2.05) is 83.6 Å². The van der Waals surface area contributed by atoms with E-state index in [0.717, 1.165) is 22.6 Å². The number of ether oxygens (including phenoxy) is 1. The molecule has 192 valence electrons. The van der Waals surface area contributed by atoms with Crippen LogP contribution in [0.5, 0.6) is 5.75 Å². The van der Waals surface area contributed by atoms with E-state index in [-0.39, 0.29) is 11.3 Å². The smallest absolute Gasteiger partial charge is 0.278 e. The molecule has 0 aliphatic carbocycles. The first kappa shape index (κ1) is 25.0. The molecule has 0 aliphatic heterocycles. The molecule has 3 aromatic carbocycles. The van der Waals surface area contributed by atoms with Crippen molar-refractivity contribution in [2.75, 3.05) is 12.4 Å². The number of nitrogens with one attached hydrogen (secondary N) is 1. The first-order chi connectivity index (χ1) is 18.3. The first-order valence-corrected chi connectivity index (χ1v) is 12.3. The Bertz CT molecular complexity index is 1530. The summed E-state index contributed by atoms with van der Waals surface area (Å²) in [5.41, 5.74) is 5.09. The lowest BCUT2D eigenvalue weighted by atomic mass is 9.87. The summed E-state index contributed by atoms with van der Waals surface area (Å²) in [6.45, 7) is 7.06. The maximum Gasteiger partial charge on any atom is 0.278 e. The van der Waals surface area contributed by atoms with Crippen LogP contribution < -0.4 is 10.1 Å². The molecule has 0 fully saturated rings. The standard InChI is InChI=1S/C30H29N5O3/c1-30(2,3)23-11-7-22(8-12-23)28(36)32-24-13-5-20(6-14-24)17-35-18-26(31-19-35)29-33-27(34-38-29)21-9-15-25(37-4)16-10-21/h5-16,18-19H,17H2,1-4H3,(H,32,36). The molecular formula is C30H29N5O3. The van der Waals surface area contributed by atoms with Crippen molar-refractivity contribution >= 4 is 11.6 Å². The molecule has 8 heteroatoms. The molecule has 0 radical (unpaired) electrons. The van der Waals surface area contributed by atoms with E-state index in [1.54, 1.807) is 13.4 Å². The van der Waals surface area contributed by atoms with E-state index in [0.29, 0.717) is 29.5 Å². The summed E-state index contributed by atoms with van der Waals surface area (Å²) in [5, 5.41) is 7.03. The van der Waals surface area contributed by atoms with E-state index in [2.05, 4.69) is 41.2 Å². The average molecular weight is 508 g/mol. The van der Waals surface area contributed by atoms with Gasteiger partial charge in [-0.25, -0.2) is 4.98 Å². The molecule has 0 aliphatic rings. The number of hydrogen-bond donors (Lipinski definition) is 1. The molecule has 2 aromatic heterocycles. The van der Waals surface area contributed by atoms with Crippen LogP contribution >= 0.6 is 0 Å². The number of anilines is 1. The average Bonchev–Trinajstić information content (AvgIpc) is 3.59. The number of carbonyl (C=O) groups excluding carboxylic acids is 1. The summed E-state index contributed by atoms with van der Waals surface area (Å²) < 4.78 is 12.6. The normalized spacial score (nSPS) is 11.4. The number of methoxy groups -OCH3 is 1. The van der Waals surface area contributed by atoms with Crippen molar-refractivity contribution in [1.29, 1.82) is 0 Å². The van der Waals surface area contributed by atoms with Crippen molar-refractivity contribution in [3.05, 3.63) is 102 Å². The predicted octanol–water partition coefficient (Wildman–Crippen LogP) is 6.21. The van der Waals surface area contributed by atoms with Crippen LogP contribution in [0, 0.1) is 0 Å². The maximum absolute atomic E-state index is 12.7. The van der Waals surface area contributed by atoms with Crippen molar-refractivity contribution in [3.63, 3.8) is 0 Å². The van der Waals surface area contributed by atoms with Gasteiger partial charge in [-0.3, -0.25) is 4.79 Å². The minimum atomic E-state index is -0.133. The Hall–Kier alpha value is -4.72. The number of benzene rings is 3. The van der Waals surface area contributed by atoms with Gasteiger partial charge >= 0.3 is 0 Å². The number of aromatic nitrogens is 4. The highest BCUT2D eigenvalue weighted by molar-refractivity contribution is 6.04. The Morgan fingerprint density at radius 3 is 2.34 bits per heavy atom. The number of rotatable bonds is 7. The molecule has 1 N–H and O–H groups in total. The van der Waals surface area contributed by atoms with Crippen molar-refractivity contribution < 1.29 is 14.1 Å². The summed E-state index contributed by atoms with van der Waals surface area (Å²) in [5.74, 6) is 1.46. The van der Waals surface area contributed by atoms with Gasteiger partial charge in [-0.2, -0.15) is 4.98 Å². The fraction of sp³-hybridized carbons (Fsp3) is 0.200. The number of amides is 1. The second-order valence-corrected chi connectivity index (χ2v) is 10.1. The van der Waals surface area contributed by atoms with Gasteiger partial charge in [0, 0.05) is 29.6 Å². The lowest BCUT2D eigenvalue weighted by Crippen LogP contribution is -2.14. The van der Waals surface area contributed by atoms with Crippen LogP contribution in [0.3, 0.4) is 0 Å². The molecule has 2 heterocycles. The van der Waals surface area contributed by atoms with Gasteiger partial charge in [0.25, 0.3) is 11.8 Å². The zero-order chi connectivity index (χ0) is 26.7. The lowest BCUT2D eigenvalue weighted by Gasteiger charge is -2.19. The van der Waals surface area contributed by atoms with Crippen LogP contribution in [-0.2, 0) is 12.0 Å². The van der Waals surface area contributed by atoms with Gasteiger partial charge in [-0.1, -0.05) is 50.2 Å². The first-order valence-electron chi connectivity index (χ1n) is 12.3. The lowest BCUT2D eigenvalue weighted by molar-refractivity contribution is 0.102. The minimum absolute atomic E-state index is 0.0480. The second-order valence-electron chi connectivity index (χ2n) is 10.1. The molecule has 0 spiro atoms. The van der Waals surface area contributed by atoms with Gasteiger partial charge in [-0.05, 0) is 65.1 Å². The molecule has 5 aromatic rings. The Labute approximate surface area is 221 Å². The zero-order valence-corrected chi connectivity index (χ0v) is 21.8. The number of imidazole rings is 1. The molecule has 1 amide bonds. The van der Waals surface area contributed by atoms with Crippen LogP contribution in [0.2, 0.25) is 0 Å². The molecule has 0 unspecified atom stereocenters. The monoisotopic (exact) mass is 507 g/mol. The minimum Gasteiger partial charge on any atom is -0.497 e. The maximum atomic E-state index is 12.7. The Kier molecular flexibility index (Phi) is 6.79. The topological polar surface area (TPSA) is 95.1 Å². The third-order valence-corrected chi connectivity index (χ3v) is 6.22. The molecule has 0 saturated heterocycles. The van der Waals surface area contributed by atoms with E-state index < -0.39 is 0 Å². The van der Waals surface area contributed by atoms with Gasteiger partial charge in [0.05, 0.1) is 13.4 Å². The summed E-state index contributed by atoms with van der Waals surface area (Å²) >= 11 is 0. The predicted molar refractivity (Wildman–Crippen MR) is 146 cm³/mol. The van der Waals surface area contributed by atoms with E-state index in [9.17, 15) is 4.79 Å². The van der Waals surface area contributed by atoms with Gasteiger partial charge in [-0.15, -0.1) is 0 Å². The quantitative estimate of drug-likeness (QED) is 0.282. The molecule has 0 atom stereocenters. The Morgan fingerprint density at radius 1 is 0.974 bits per heavy atom. The molecule has 38 heavy (non-hydrogen) atoms. The largest absolute Gasteiger partial charge is 0.497 e. The SMILES string of the molecule is COc1ccc(-c2noc(-c3cn(Cc4ccc(NC(=O)c5ccc(C(C)(C)C)cc5)cc4)cn3)n2)cc1. The molecular weight excluding hydrogens is 478 g/mol. The van der Waals surface area contributed by atoms with Crippen LogP contribution in [0.25, 0.3) is 23.0 Å². The van der Waals surface area contributed by atoms with Crippen LogP contribution in [0.15, 0.2) is 89.8 Å². The Morgan fingerprint density at radius 2 is 1.68 bits per heavy atom. The summed E-state index contributed by atoms with van der Waals surface area (Å²) in [4.78, 5) is 21.6. The van der Waals surface area contributed by atoms with E-state index in [1.165, 1.54) is 5.56 Å². The fourth-order valence-corrected chi connectivity index (χ4v) is 3.97. The molecule has 0 saturated carbocycles. The molecule has 5 rings (SSSR count). The van der Waals surface area contributed by atoms with E-state index in [4.69, 9.17) is 9.26 Å². The summed E-state index contributed by atoms with van der Waals surface area (Å²) in [6, 6.07) is 22.9. The Balaban J connectivity index is 1.20. The van der Waals surface area contributed by atoms with Crippen molar-refractivity contribution in [2.24, 2.45) is 0 Å². The van der Waals surface area contributed by atoms with Crippen molar-refractivity contribution in [1.82, 2.24) is 19.7 Å². The summed E-state index contributed by atoms with van der Waals surface area (Å²) in [6.07, 6.45) is 3.59. The molecule has 0 bridgehead atoms. The van der Waals surface area contributed by atoms with Gasteiger partial charge in [0.2, 0.25) is 5.82 Å². The third-order valence-electron chi connectivity index (χ3n) is 6.22. The van der Waals surface area contributed by atoms with Crippen molar-refractivity contribution in [2.45, 2.75) is 32.7 Å². The second kappa shape index (κ2) is 10.3. The highest BCUT2D eigenvalue weighted by Gasteiger charge is 2.15. The van der Waals surface area contributed by atoms with Crippen molar-refractivity contribution in [3.8, 4) is 28.7 Å². The number of carbonyl (C=O) groups is 1. The summed E-state index contributed by atoms with van der Waals surface area (Å²) in [7, 11) is 1.62. The highest BCUT2D eigenvalue weighted by Crippen LogP contribution is 2.24. The van der Waals surface area contributed by atoms with Gasteiger partial charge in [0.1, 0.15) is 11.4 Å².